The molecule has 1 saturated carbocycles. The van der Waals surface area contributed by atoms with Gasteiger partial charge in [0, 0.05) is 32.0 Å². The Bertz CT molecular complexity index is 945. The highest BCUT2D eigenvalue weighted by atomic mass is 19.4. The molecule has 2 unspecified atom stereocenters. The molecule has 0 spiro atoms. The van der Waals surface area contributed by atoms with Crippen LogP contribution in [0.3, 0.4) is 0 Å². The lowest BCUT2D eigenvalue weighted by Crippen LogP contribution is -2.51. The summed E-state index contributed by atoms with van der Waals surface area (Å²) in [5, 5.41) is 9.14. The number of rotatable bonds is 2. The first-order valence-corrected chi connectivity index (χ1v) is 8.57. The summed E-state index contributed by atoms with van der Waals surface area (Å²) in [6.45, 7) is 0.710. The Balaban J connectivity index is 1.46. The molecule has 0 bridgehead atoms. The van der Waals surface area contributed by atoms with Gasteiger partial charge in [-0.25, -0.2) is 14.3 Å². The monoisotopic (exact) mass is 380 g/mol. The van der Waals surface area contributed by atoms with Crippen LogP contribution in [-0.2, 0) is 4.79 Å². The van der Waals surface area contributed by atoms with E-state index in [2.05, 4.69) is 20.7 Å². The van der Waals surface area contributed by atoms with E-state index >= 15 is 0 Å². The van der Waals surface area contributed by atoms with Crippen LogP contribution in [0.1, 0.15) is 11.6 Å². The number of imide groups is 1. The van der Waals surface area contributed by atoms with E-state index in [1.807, 2.05) is 4.90 Å². The molecule has 2 aromatic heterocycles. The number of urea groups is 1. The minimum atomic E-state index is -4.15. The number of hydrogen-bond donors (Lipinski definition) is 2. The highest BCUT2D eigenvalue weighted by Crippen LogP contribution is 2.59. The van der Waals surface area contributed by atoms with Crippen LogP contribution < -0.4 is 15.5 Å². The van der Waals surface area contributed by atoms with Crippen molar-refractivity contribution in [1.29, 1.82) is 0 Å². The highest BCUT2D eigenvalue weighted by molar-refractivity contribution is 6.00. The van der Waals surface area contributed by atoms with Gasteiger partial charge in [0.1, 0.15) is 0 Å². The second-order valence-electron chi connectivity index (χ2n) is 7.20. The zero-order valence-electron chi connectivity index (χ0n) is 13.9. The minimum Gasteiger partial charge on any atom is -0.368 e. The first kappa shape index (κ1) is 16.3. The number of anilines is 1. The summed E-state index contributed by atoms with van der Waals surface area (Å²) in [5.41, 5.74) is 1.62. The average molecular weight is 380 g/mol. The Kier molecular flexibility index (Phi) is 3.23. The number of carbonyl (C=O) groups is 2. The van der Waals surface area contributed by atoms with Gasteiger partial charge in [0.2, 0.25) is 5.91 Å². The number of carbonyl (C=O) groups excluding carboxylic acids is 2. The zero-order valence-corrected chi connectivity index (χ0v) is 13.9. The molecular formula is C16H15F3N6O2. The van der Waals surface area contributed by atoms with Gasteiger partial charge in [0.05, 0.1) is 23.2 Å². The van der Waals surface area contributed by atoms with Crippen LogP contribution in [-0.4, -0.2) is 52.3 Å². The van der Waals surface area contributed by atoms with E-state index in [4.69, 9.17) is 0 Å². The number of halogens is 3. The largest absolute Gasteiger partial charge is 0.392 e. The van der Waals surface area contributed by atoms with E-state index < -0.39 is 41.8 Å². The van der Waals surface area contributed by atoms with Crippen molar-refractivity contribution in [3.63, 3.8) is 0 Å². The molecule has 1 aliphatic carbocycles. The van der Waals surface area contributed by atoms with Crippen molar-refractivity contribution >= 4 is 23.3 Å². The number of amides is 3. The fourth-order valence-corrected chi connectivity index (χ4v) is 4.30. The molecule has 2 N–H and O–H groups in total. The predicted octanol–water partition coefficient (Wildman–Crippen LogP) is 0.897. The van der Waals surface area contributed by atoms with Gasteiger partial charge in [0.15, 0.2) is 5.65 Å². The zero-order chi connectivity index (χ0) is 18.9. The third kappa shape index (κ3) is 2.52. The van der Waals surface area contributed by atoms with Gasteiger partial charge in [-0.1, -0.05) is 0 Å². The SMILES string of the molecule is O=C1NCC(c2cc(N3C[C@@H]4C(C(F)(F)F)[C@@H]4C3)c3nccn3n2)C(=O)N1. The smallest absolute Gasteiger partial charge is 0.368 e. The quantitative estimate of drug-likeness (QED) is 0.808. The summed E-state index contributed by atoms with van der Waals surface area (Å²) >= 11 is 0. The number of piperidine rings is 1. The van der Waals surface area contributed by atoms with Gasteiger partial charge in [-0.2, -0.15) is 18.3 Å². The fraction of sp³-hybridized carbons (Fsp3) is 0.500. The Morgan fingerprint density at radius 1 is 1.19 bits per heavy atom. The molecule has 2 aliphatic heterocycles. The molecule has 3 fully saturated rings. The molecule has 11 heteroatoms. The predicted molar refractivity (Wildman–Crippen MR) is 86.0 cm³/mol. The Morgan fingerprint density at radius 2 is 1.93 bits per heavy atom. The lowest BCUT2D eigenvalue weighted by molar-refractivity contribution is -0.154. The van der Waals surface area contributed by atoms with E-state index in [1.165, 1.54) is 4.52 Å². The molecule has 4 heterocycles. The summed E-state index contributed by atoms with van der Waals surface area (Å²) in [6.07, 6.45) is -0.976. The lowest BCUT2D eigenvalue weighted by Gasteiger charge is -2.26. The Labute approximate surface area is 150 Å². The van der Waals surface area contributed by atoms with E-state index in [0.717, 1.165) is 0 Å². The topological polar surface area (TPSA) is 91.6 Å². The lowest BCUT2D eigenvalue weighted by atomic mass is 10.0. The molecule has 0 aromatic carbocycles. The number of hydrogen-bond acceptors (Lipinski definition) is 5. The molecule has 5 rings (SSSR count). The molecule has 3 amide bonds. The Morgan fingerprint density at radius 3 is 2.59 bits per heavy atom. The molecule has 3 aliphatic rings. The second kappa shape index (κ2) is 5.33. The van der Waals surface area contributed by atoms with E-state index in [1.54, 1.807) is 18.5 Å². The number of fused-ring (bicyclic) bond motifs is 2. The molecule has 27 heavy (non-hydrogen) atoms. The fourth-order valence-electron chi connectivity index (χ4n) is 4.30. The number of nitrogens with zero attached hydrogens (tertiary/aromatic N) is 4. The van der Waals surface area contributed by atoms with Crippen LogP contribution in [0, 0.1) is 17.8 Å². The highest BCUT2D eigenvalue weighted by Gasteiger charge is 2.67. The van der Waals surface area contributed by atoms with Crippen molar-refractivity contribution in [2.45, 2.75) is 12.1 Å². The maximum absolute atomic E-state index is 13.0. The molecule has 2 aromatic rings. The van der Waals surface area contributed by atoms with Crippen LogP contribution in [0.25, 0.3) is 5.65 Å². The van der Waals surface area contributed by atoms with Crippen molar-refractivity contribution in [2.75, 3.05) is 24.5 Å². The van der Waals surface area contributed by atoms with Crippen LogP contribution in [0.4, 0.5) is 23.7 Å². The van der Waals surface area contributed by atoms with Crippen LogP contribution in [0.15, 0.2) is 18.5 Å². The van der Waals surface area contributed by atoms with Crippen molar-refractivity contribution < 1.29 is 22.8 Å². The normalized spacial score (nSPS) is 30.3. The molecule has 2 saturated heterocycles. The number of nitrogens with one attached hydrogen (secondary N) is 2. The van der Waals surface area contributed by atoms with Gasteiger partial charge in [-0.3, -0.25) is 10.1 Å². The van der Waals surface area contributed by atoms with Gasteiger partial charge in [0.25, 0.3) is 0 Å². The number of imidazole rings is 1. The Hall–Kier alpha value is -2.85. The first-order valence-electron chi connectivity index (χ1n) is 8.57. The maximum atomic E-state index is 13.0. The summed E-state index contributed by atoms with van der Waals surface area (Å²) in [7, 11) is 0. The van der Waals surface area contributed by atoms with Crippen LogP contribution in [0.2, 0.25) is 0 Å². The number of alkyl halides is 3. The minimum absolute atomic E-state index is 0.110. The van der Waals surface area contributed by atoms with Gasteiger partial charge >= 0.3 is 12.2 Å². The third-order valence-corrected chi connectivity index (χ3v) is 5.65. The second-order valence-corrected chi connectivity index (χ2v) is 7.20. The standard InChI is InChI=1S/C16H15F3N6O2/c17-16(18,19)12-8-5-24(6-9(8)12)11-3-10(23-25-2-1-20-13(11)25)7-4-21-15(27)22-14(7)26/h1-3,7-9,12H,4-6H2,(H2,21,22,26,27)/t7?,8-,9+,12?. The van der Waals surface area contributed by atoms with E-state index in [9.17, 15) is 22.8 Å². The summed E-state index contributed by atoms with van der Waals surface area (Å²) in [4.78, 5) is 29.6. The van der Waals surface area contributed by atoms with Gasteiger partial charge in [-0.05, 0) is 17.9 Å². The summed E-state index contributed by atoms with van der Waals surface area (Å²) in [6, 6.07) is 1.13. The molecule has 142 valence electrons. The van der Waals surface area contributed by atoms with E-state index in [0.29, 0.717) is 30.1 Å². The van der Waals surface area contributed by atoms with Gasteiger partial charge < -0.3 is 10.2 Å². The molecule has 8 nitrogen and oxygen atoms in total. The van der Waals surface area contributed by atoms with Gasteiger partial charge in [-0.15, -0.1) is 0 Å². The van der Waals surface area contributed by atoms with Crippen molar-refractivity contribution in [1.82, 2.24) is 25.2 Å². The van der Waals surface area contributed by atoms with Crippen LogP contribution in [0.5, 0.6) is 0 Å². The van der Waals surface area contributed by atoms with Crippen molar-refractivity contribution in [2.24, 2.45) is 17.8 Å². The average Bonchev–Trinajstić information content (AvgIpc) is 2.95. The van der Waals surface area contributed by atoms with Crippen LogP contribution >= 0.6 is 0 Å². The summed E-state index contributed by atoms with van der Waals surface area (Å²) in [5.74, 6) is -3.14. The number of aromatic nitrogens is 3. The van der Waals surface area contributed by atoms with Crippen molar-refractivity contribution in [3.8, 4) is 0 Å². The van der Waals surface area contributed by atoms with E-state index in [-0.39, 0.29) is 6.54 Å². The third-order valence-electron chi connectivity index (χ3n) is 5.65. The first-order chi connectivity index (χ1) is 12.8. The summed E-state index contributed by atoms with van der Waals surface area (Å²) < 4.78 is 40.4. The molecule has 4 atom stereocenters. The maximum Gasteiger partial charge on any atom is 0.392 e. The molecule has 0 radical (unpaired) electrons. The molecular weight excluding hydrogens is 365 g/mol. The van der Waals surface area contributed by atoms with Crippen molar-refractivity contribution in [3.05, 3.63) is 24.2 Å².